The molecule has 0 bridgehead atoms. The van der Waals surface area contributed by atoms with E-state index in [0.717, 1.165) is 0 Å². The Morgan fingerprint density at radius 3 is 1.62 bits per heavy atom. The van der Waals surface area contributed by atoms with Crippen LogP contribution in [-0.4, -0.2) is 27.9 Å². The number of rotatable bonds is 3. The molecule has 0 aromatic rings. The zero-order valence-corrected chi connectivity index (χ0v) is 8.62. The summed E-state index contributed by atoms with van der Waals surface area (Å²) < 4.78 is 1.46. The molecule has 0 radical (unpaired) electrons. The maximum absolute atomic E-state index is 2.39. The molecule has 0 fully saturated rings. The van der Waals surface area contributed by atoms with E-state index in [2.05, 4.69) is 20.8 Å². The van der Waals surface area contributed by atoms with Crippen molar-refractivity contribution in [1.82, 2.24) is 0 Å². The average Bonchev–Trinajstić information content (AvgIpc) is 1.87. The fourth-order valence-electron chi connectivity index (χ4n) is 0.750. The van der Waals surface area contributed by atoms with Crippen molar-refractivity contribution in [2.24, 2.45) is 5.41 Å². The molecule has 0 heterocycles. The van der Waals surface area contributed by atoms with E-state index in [-0.39, 0.29) is 0 Å². The van der Waals surface area contributed by atoms with E-state index in [9.17, 15) is 0 Å². The molecule has 44 valence electrons. The summed E-state index contributed by atoms with van der Waals surface area (Å²) in [6, 6.07) is 0. The number of hydrogen-bond donors (Lipinski definition) is 0. The molecule has 0 nitrogen and oxygen atoms in total. The minimum atomic E-state index is 0.687. The molecule has 0 aromatic heterocycles. The molecule has 0 aromatic carbocycles. The fraction of sp³-hybridized carbons (Fsp3) is 1.00. The van der Waals surface area contributed by atoms with Crippen molar-refractivity contribution in [3.05, 3.63) is 0 Å². The van der Waals surface area contributed by atoms with E-state index in [1.165, 1.54) is 44.4 Å². The van der Waals surface area contributed by atoms with Crippen LogP contribution >= 0.6 is 0 Å². The van der Waals surface area contributed by atoms with E-state index in [4.69, 9.17) is 0 Å². The van der Waals surface area contributed by atoms with Gasteiger partial charge in [0.2, 0.25) is 0 Å². The van der Waals surface area contributed by atoms with Crippen LogP contribution in [0.1, 0.15) is 33.6 Å². The average molecular weight is 122 g/mol. The van der Waals surface area contributed by atoms with Crippen LogP contribution in [0.4, 0.5) is 0 Å². The molecule has 0 N–H and O–H groups in total. The van der Waals surface area contributed by atoms with Gasteiger partial charge in [0.05, 0.1) is 0 Å². The fourth-order valence-corrected chi connectivity index (χ4v) is 1.75. The first kappa shape index (κ1) is 9.00. The summed E-state index contributed by atoms with van der Waals surface area (Å²) >= 11 is 1.37. The molecule has 0 rings (SSSR count). The van der Waals surface area contributed by atoms with Gasteiger partial charge in [-0.1, -0.05) is 0 Å². The van der Waals surface area contributed by atoms with Crippen molar-refractivity contribution in [3.8, 4) is 0 Å². The molecule has 1 heteroatoms. The molecule has 0 unspecified atom stereocenters. The van der Waals surface area contributed by atoms with Gasteiger partial charge in [0.15, 0.2) is 0 Å². The van der Waals surface area contributed by atoms with Crippen LogP contribution in [0.3, 0.4) is 0 Å². The van der Waals surface area contributed by atoms with Crippen molar-refractivity contribution < 1.29 is 0 Å². The quantitative estimate of drug-likeness (QED) is 0.504. The van der Waals surface area contributed by atoms with E-state index in [0.29, 0.717) is 5.41 Å². The molecule has 0 amide bonds. The van der Waals surface area contributed by atoms with E-state index in [1.54, 1.807) is 0 Å². The van der Waals surface area contributed by atoms with Crippen molar-refractivity contribution in [3.63, 3.8) is 0 Å². The van der Waals surface area contributed by atoms with Crippen LogP contribution in [0.15, 0.2) is 0 Å². The van der Waals surface area contributed by atoms with Crippen LogP contribution in [0.25, 0.3) is 0 Å². The molecule has 0 saturated heterocycles. The van der Waals surface area contributed by atoms with Gasteiger partial charge in [-0.3, -0.25) is 0 Å². The van der Waals surface area contributed by atoms with Crippen molar-refractivity contribution in [1.29, 1.82) is 0 Å². The van der Waals surface area contributed by atoms with Gasteiger partial charge in [0.1, 0.15) is 0 Å². The SMILES string of the molecule is CCC(C)(CC)[CH2][Na]. The van der Waals surface area contributed by atoms with Gasteiger partial charge in [-0.25, -0.2) is 0 Å². The molecule has 0 aliphatic heterocycles. The zero-order valence-electron chi connectivity index (χ0n) is 6.62. The van der Waals surface area contributed by atoms with E-state index >= 15 is 0 Å². The van der Waals surface area contributed by atoms with E-state index in [1.807, 2.05) is 0 Å². The minimum absolute atomic E-state index is 0.687. The number of hydrogen-bond acceptors (Lipinski definition) is 0. The van der Waals surface area contributed by atoms with Gasteiger partial charge in [-0.15, -0.1) is 0 Å². The maximum atomic E-state index is 2.39. The second-order valence-electron chi connectivity index (χ2n) is 2.87. The Kier molecular flexibility index (Phi) is 4.41. The van der Waals surface area contributed by atoms with E-state index < -0.39 is 0 Å². The summed E-state index contributed by atoms with van der Waals surface area (Å²) in [5.74, 6) is 0. The van der Waals surface area contributed by atoms with Crippen LogP contribution < -0.4 is 0 Å². The summed E-state index contributed by atoms with van der Waals surface area (Å²) in [6.07, 6.45) is 2.71. The van der Waals surface area contributed by atoms with Crippen LogP contribution in [0.5, 0.6) is 0 Å². The summed E-state index contributed by atoms with van der Waals surface area (Å²) in [4.78, 5) is 0. The summed E-state index contributed by atoms with van der Waals surface area (Å²) in [7, 11) is 0. The van der Waals surface area contributed by atoms with Gasteiger partial charge in [-0.05, 0) is 0 Å². The first-order valence-electron chi connectivity index (χ1n) is 3.68. The third-order valence-corrected chi connectivity index (χ3v) is 4.27. The normalized spacial score (nSPS) is 12.1. The second-order valence-corrected chi connectivity index (χ2v) is 3.58. The summed E-state index contributed by atoms with van der Waals surface area (Å²) in [5.41, 5.74) is 0.687. The van der Waals surface area contributed by atoms with Gasteiger partial charge in [-0.2, -0.15) is 0 Å². The van der Waals surface area contributed by atoms with Gasteiger partial charge in [0, 0.05) is 0 Å². The predicted octanol–water partition coefficient (Wildman–Crippen LogP) is 2.40. The third-order valence-electron chi connectivity index (χ3n) is 2.56. The van der Waals surface area contributed by atoms with Crippen LogP contribution in [-0.2, 0) is 0 Å². The summed E-state index contributed by atoms with van der Waals surface area (Å²) in [6.45, 7) is 6.98. The predicted molar refractivity (Wildman–Crippen MR) is 39.3 cm³/mol. The van der Waals surface area contributed by atoms with Crippen molar-refractivity contribution in [2.45, 2.75) is 37.3 Å². The molecule has 0 spiro atoms. The zero-order chi connectivity index (χ0) is 6.62. The molecule has 0 saturated carbocycles. The Hall–Kier alpha value is 1.00. The van der Waals surface area contributed by atoms with Gasteiger partial charge in [0.25, 0.3) is 0 Å². The van der Waals surface area contributed by atoms with Gasteiger partial charge < -0.3 is 0 Å². The monoisotopic (exact) mass is 122 g/mol. The Bertz CT molecular complexity index is 47.1. The topological polar surface area (TPSA) is 0 Å². The first-order chi connectivity index (χ1) is 3.68. The third kappa shape index (κ3) is 2.52. The standard InChI is InChI=1S/C7H15.Na/c1-5-7(3,4)6-2;/h3,5-6H2,1-2,4H3;. The Labute approximate surface area is 70.5 Å². The first-order valence-corrected chi connectivity index (χ1v) is 5.10. The molecule has 0 aliphatic rings. The molecular formula is C7H15Na. The molecule has 0 aliphatic carbocycles. The van der Waals surface area contributed by atoms with Crippen molar-refractivity contribution >= 4 is 27.9 Å². The molecule has 0 atom stereocenters. The second kappa shape index (κ2) is 3.92. The summed E-state index contributed by atoms with van der Waals surface area (Å²) in [5, 5.41) is 0. The Morgan fingerprint density at radius 1 is 1.25 bits per heavy atom. The van der Waals surface area contributed by atoms with Gasteiger partial charge >= 0.3 is 70.6 Å². The Balaban J connectivity index is 3.58. The van der Waals surface area contributed by atoms with Crippen molar-refractivity contribution in [2.75, 3.05) is 0 Å². The molecule has 8 heavy (non-hydrogen) atoms. The van der Waals surface area contributed by atoms with Crippen LogP contribution in [0, 0.1) is 5.41 Å². The van der Waals surface area contributed by atoms with Crippen LogP contribution in [0.2, 0.25) is 3.67 Å². The Morgan fingerprint density at radius 2 is 1.62 bits per heavy atom. The molecular weight excluding hydrogens is 107 g/mol.